The summed E-state index contributed by atoms with van der Waals surface area (Å²) in [6.07, 6.45) is 0. The van der Waals surface area contributed by atoms with Crippen molar-refractivity contribution in [3.05, 3.63) is 55.9 Å². The summed E-state index contributed by atoms with van der Waals surface area (Å²) in [6.45, 7) is 0. The van der Waals surface area contributed by atoms with Crippen LogP contribution in [0.3, 0.4) is 0 Å². The van der Waals surface area contributed by atoms with E-state index in [4.69, 9.17) is 29.0 Å². The molecule has 3 N–H and O–H groups in total. The van der Waals surface area contributed by atoms with Crippen molar-refractivity contribution in [3.63, 3.8) is 0 Å². The molecule has 0 spiro atoms. The predicted molar refractivity (Wildman–Crippen MR) is 69.9 cm³/mol. The number of halogens is 3. The summed E-state index contributed by atoms with van der Waals surface area (Å²) < 4.78 is 14.3. The Hall–Kier alpha value is -0.650. The zero-order valence-electron chi connectivity index (χ0n) is 8.58. The van der Waals surface area contributed by atoms with Gasteiger partial charge in [-0.1, -0.05) is 35.3 Å². The second kappa shape index (κ2) is 5.33. The first kappa shape index (κ1) is 12.8. The van der Waals surface area contributed by atoms with Gasteiger partial charge in [0.25, 0.3) is 0 Å². The van der Waals surface area contributed by atoms with E-state index in [1.165, 1.54) is 23.5 Å². The highest BCUT2D eigenvalue weighted by Gasteiger charge is 2.18. The molecule has 1 unspecified atom stereocenters. The first-order chi connectivity index (χ1) is 8.11. The van der Waals surface area contributed by atoms with Gasteiger partial charge in [-0.25, -0.2) is 9.82 Å². The molecule has 0 fully saturated rings. The van der Waals surface area contributed by atoms with Crippen LogP contribution in [-0.4, -0.2) is 0 Å². The van der Waals surface area contributed by atoms with Gasteiger partial charge in [0, 0.05) is 5.56 Å². The van der Waals surface area contributed by atoms with Crippen LogP contribution in [-0.2, 0) is 0 Å². The van der Waals surface area contributed by atoms with Crippen LogP contribution in [0.1, 0.15) is 17.2 Å². The van der Waals surface area contributed by atoms with E-state index < -0.39 is 0 Å². The minimum Gasteiger partial charge on any atom is -0.271 e. The molecule has 17 heavy (non-hydrogen) atoms. The van der Waals surface area contributed by atoms with Crippen LogP contribution in [0.5, 0.6) is 0 Å². The smallest absolute Gasteiger partial charge is 0.123 e. The molecule has 0 amide bonds. The number of hydrogen-bond acceptors (Lipinski definition) is 3. The average molecular weight is 291 g/mol. The third-order valence-corrected chi connectivity index (χ3v) is 3.86. The normalized spacial score (nSPS) is 12.7. The fourth-order valence-corrected chi connectivity index (χ4v) is 3.13. The molecule has 1 aromatic carbocycles. The zero-order chi connectivity index (χ0) is 12.4. The van der Waals surface area contributed by atoms with Crippen molar-refractivity contribution in [2.75, 3.05) is 0 Å². The Balaban J connectivity index is 2.43. The number of rotatable bonds is 3. The van der Waals surface area contributed by atoms with Gasteiger partial charge in [0.1, 0.15) is 5.82 Å². The summed E-state index contributed by atoms with van der Waals surface area (Å²) in [5.41, 5.74) is 4.06. The molecule has 0 aliphatic heterocycles. The molecular formula is C11H9Cl2FN2S. The lowest BCUT2D eigenvalue weighted by molar-refractivity contribution is 0.606. The van der Waals surface area contributed by atoms with Crippen molar-refractivity contribution in [1.82, 2.24) is 5.43 Å². The molecule has 0 bridgehead atoms. The van der Waals surface area contributed by atoms with E-state index in [2.05, 4.69) is 5.43 Å². The molecule has 0 radical (unpaired) electrons. The van der Waals surface area contributed by atoms with Gasteiger partial charge in [-0.15, -0.1) is 11.3 Å². The lowest BCUT2D eigenvalue weighted by atomic mass is 10.0. The van der Waals surface area contributed by atoms with E-state index in [1.807, 2.05) is 0 Å². The maximum atomic E-state index is 13.2. The lowest BCUT2D eigenvalue weighted by Crippen LogP contribution is -2.28. The Morgan fingerprint density at radius 1 is 1.29 bits per heavy atom. The van der Waals surface area contributed by atoms with Gasteiger partial charge in [0.05, 0.1) is 14.7 Å². The van der Waals surface area contributed by atoms with Crippen molar-refractivity contribution in [2.24, 2.45) is 5.84 Å². The molecule has 1 aromatic heterocycles. The highest BCUT2D eigenvalue weighted by molar-refractivity contribution is 7.20. The molecule has 1 heterocycles. The van der Waals surface area contributed by atoms with Gasteiger partial charge in [0.2, 0.25) is 0 Å². The molecule has 0 aliphatic carbocycles. The molecule has 90 valence electrons. The lowest BCUT2D eigenvalue weighted by Gasteiger charge is -2.15. The van der Waals surface area contributed by atoms with Gasteiger partial charge >= 0.3 is 0 Å². The molecule has 1 atom stereocenters. The molecule has 2 aromatic rings. The van der Waals surface area contributed by atoms with Crippen molar-refractivity contribution in [3.8, 4) is 0 Å². The molecule has 2 nitrogen and oxygen atoms in total. The van der Waals surface area contributed by atoms with Crippen molar-refractivity contribution >= 4 is 34.5 Å². The maximum Gasteiger partial charge on any atom is 0.123 e. The highest BCUT2D eigenvalue weighted by atomic mass is 35.5. The Bertz CT molecular complexity index is 530. The van der Waals surface area contributed by atoms with Gasteiger partial charge in [-0.3, -0.25) is 5.84 Å². The number of hydrazine groups is 1. The van der Waals surface area contributed by atoms with Crippen molar-refractivity contribution in [2.45, 2.75) is 6.04 Å². The van der Waals surface area contributed by atoms with E-state index in [1.54, 1.807) is 18.2 Å². The fraction of sp³-hybridized carbons (Fsp3) is 0.0909. The largest absolute Gasteiger partial charge is 0.271 e. The predicted octanol–water partition coefficient (Wildman–Crippen LogP) is 3.75. The first-order valence-electron chi connectivity index (χ1n) is 4.78. The topological polar surface area (TPSA) is 38.0 Å². The Kier molecular flexibility index (Phi) is 4.01. The van der Waals surface area contributed by atoms with Crippen LogP contribution >= 0.6 is 34.5 Å². The Morgan fingerprint density at radius 3 is 2.59 bits per heavy atom. The van der Waals surface area contributed by atoms with Gasteiger partial charge in [-0.2, -0.15) is 0 Å². The van der Waals surface area contributed by atoms with Crippen LogP contribution in [0.4, 0.5) is 4.39 Å². The summed E-state index contributed by atoms with van der Waals surface area (Å²) in [5, 5.41) is 0. The highest BCUT2D eigenvalue weighted by Crippen LogP contribution is 2.37. The molecular weight excluding hydrogens is 282 g/mol. The fourth-order valence-electron chi connectivity index (χ4n) is 1.60. The van der Waals surface area contributed by atoms with Gasteiger partial charge in [-0.05, 0) is 23.8 Å². The number of nitrogens with two attached hydrogens (primary N) is 1. The SMILES string of the molecule is NNC(c1cccc(F)c1)c1cc(Cl)sc1Cl. The molecule has 0 aliphatic rings. The van der Waals surface area contributed by atoms with E-state index in [-0.39, 0.29) is 11.9 Å². The monoisotopic (exact) mass is 290 g/mol. The number of thiophene rings is 1. The van der Waals surface area contributed by atoms with Crippen molar-refractivity contribution < 1.29 is 4.39 Å². The minimum absolute atomic E-state index is 0.319. The van der Waals surface area contributed by atoms with E-state index >= 15 is 0 Å². The summed E-state index contributed by atoms with van der Waals surface area (Å²) >= 11 is 13.2. The van der Waals surface area contributed by atoms with Crippen LogP contribution in [0.2, 0.25) is 8.67 Å². The van der Waals surface area contributed by atoms with Gasteiger partial charge < -0.3 is 0 Å². The molecule has 2 rings (SSSR count). The van der Waals surface area contributed by atoms with E-state index in [9.17, 15) is 4.39 Å². The summed E-state index contributed by atoms with van der Waals surface area (Å²) in [5.74, 6) is 5.18. The van der Waals surface area contributed by atoms with Crippen molar-refractivity contribution in [1.29, 1.82) is 0 Å². The number of nitrogens with one attached hydrogen (secondary N) is 1. The Labute approximate surface area is 112 Å². The van der Waals surface area contributed by atoms with Crippen LogP contribution in [0, 0.1) is 5.82 Å². The standard InChI is InChI=1S/C11H9Cl2FN2S/c12-9-5-8(11(13)17-9)10(16-15)6-2-1-3-7(14)4-6/h1-5,10,16H,15H2. The maximum absolute atomic E-state index is 13.2. The Morgan fingerprint density at radius 2 is 2.06 bits per heavy atom. The third-order valence-electron chi connectivity index (χ3n) is 2.34. The zero-order valence-corrected chi connectivity index (χ0v) is 10.9. The van der Waals surface area contributed by atoms with E-state index in [0.29, 0.717) is 14.2 Å². The van der Waals surface area contributed by atoms with E-state index in [0.717, 1.165) is 5.56 Å². The van der Waals surface area contributed by atoms with Crippen LogP contribution < -0.4 is 11.3 Å². The first-order valence-corrected chi connectivity index (χ1v) is 6.35. The second-order valence-electron chi connectivity index (χ2n) is 3.43. The summed E-state index contributed by atoms with van der Waals surface area (Å²) in [4.78, 5) is 0. The number of benzene rings is 1. The molecule has 6 heteroatoms. The minimum atomic E-state index is -0.373. The third kappa shape index (κ3) is 2.78. The van der Waals surface area contributed by atoms with Crippen LogP contribution in [0.15, 0.2) is 30.3 Å². The quantitative estimate of drug-likeness (QED) is 0.667. The molecule has 0 saturated heterocycles. The summed E-state index contributed by atoms with van der Waals surface area (Å²) in [7, 11) is 0. The molecule has 0 saturated carbocycles. The average Bonchev–Trinajstić information content (AvgIpc) is 2.59. The van der Waals surface area contributed by atoms with Crippen LogP contribution in [0.25, 0.3) is 0 Å². The van der Waals surface area contributed by atoms with Gasteiger partial charge in [0.15, 0.2) is 0 Å². The second-order valence-corrected chi connectivity index (χ2v) is 5.72. The number of hydrogen-bond donors (Lipinski definition) is 2. The summed E-state index contributed by atoms with van der Waals surface area (Å²) in [6, 6.07) is 7.53.